The molecule has 4 heteroatoms. The zero-order valence-corrected chi connectivity index (χ0v) is 8.50. The quantitative estimate of drug-likeness (QED) is 0.572. The fraction of sp³-hybridized carbons (Fsp3) is 0.889. The third-order valence-electron chi connectivity index (χ3n) is 2.11. The van der Waals surface area contributed by atoms with Gasteiger partial charge < -0.3 is 15.5 Å². The van der Waals surface area contributed by atoms with Gasteiger partial charge in [0.15, 0.2) is 0 Å². The van der Waals surface area contributed by atoms with Crippen molar-refractivity contribution in [1.29, 1.82) is 0 Å². The number of carboxylic acid groups (broad SMARTS) is 1. The highest BCUT2D eigenvalue weighted by atomic mass is 16.4. The number of aliphatic hydroxyl groups is 1. The van der Waals surface area contributed by atoms with E-state index < -0.39 is 12.1 Å². The van der Waals surface area contributed by atoms with Crippen molar-refractivity contribution in [2.45, 2.75) is 45.3 Å². The molecule has 0 aromatic rings. The summed E-state index contributed by atoms with van der Waals surface area (Å²) in [5.41, 5.74) is -0.0422. The predicted molar refractivity (Wildman–Crippen MR) is 50.6 cm³/mol. The first-order valence-electron chi connectivity index (χ1n) is 4.52. The third-order valence-corrected chi connectivity index (χ3v) is 2.11. The van der Waals surface area contributed by atoms with Gasteiger partial charge in [-0.1, -0.05) is 6.92 Å². The summed E-state index contributed by atoms with van der Waals surface area (Å²) in [5.74, 6) is -0.969. The van der Waals surface area contributed by atoms with Gasteiger partial charge in [-0.3, -0.25) is 4.79 Å². The standard InChI is InChI=1S/C9H19NO3/c1-4-9(2,3)10-6-7(11)5-8(12)13/h7,10-11H,4-6H2,1-3H3,(H,12,13). The molecule has 0 saturated heterocycles. The van der Waals surface area contributed by atoms with Crippen LogP contribution in [0.5, 0.6) is 0 Å². The van der Waals surface area contributed by atoms with Gasteiger partial charge in [-0.15, -0.1) is 0 Å². The Labute approximate surface area is 79.0 Å². The molecule has 4 nitrogen and oxygen atoms in total. The molecule has 0 rings (SSSR count). The largest absolute Gasteiger partial charge is 0.481 e. The number of carbonyl (C=O) groups is 1. The lowest BCUT2D eigenvalue weighted by molar-refractivity contribution is -0.139. The van der Waals surface area contributed by atoms with Gasteiger partial charge in [-0.05, 0) is 20.3 Å². The Balaban J connectivity index is 3.69. The summed E-state index contributed by atoms with van der Waals surface area (Å²) >= 11 is 0. The summed E-state index contributed by atoms with van der Waals surface area (Å²) in [6, 6.07) is 0. The van der Waals surface area contributed by atoms with Crippen LogP contribution in [0.25, 0.3) is 0 Å². The van der Waals surface area contributed by atoms with Gasteiger partial charge in [0, 0.05) is 12.1 Å². The Morgan fingerprint density at radius 2 is 2.08 bits per heavy atom. The molecule has 0 aliphatic rings. The minimum atomic E-state index is -0.969. The van der Waals surface area contributed by atoms with E-state index in [0.29, 0.717) is 6.54 Å². The molecule has 1 unspecified atom stereocenters. The molecule has 0 fully saturated rings. The summed E-state index contributed by atoms with van der Waals surface area (Å²) in [7, 11) is 0. The molecule has 0 heterocycles. The van der Waals surface area contributed by atoms with E-state index in [-0.39, 0.29) is 12.0 Å². The summed E-state index contributed by atoms with van der Waals surface area (Å²) in [4.78, 5) is 10.2. The van der Waals surface area contributed by atoms with Gasteiger partial charge >= 0.3 is 5.97 Å². The number of aliphatic hydroxyl groups excluding tert-OH is 1. The van der Waals surface area contributed by atoms with Gasteiger partial charge in [0.05, 0.1) is 12.5 Å². The first-order chi connectivity index (χ1) is 5.87. The van der Waals surface area contributed by atoms with Crippen LogP contribution in [-0.4, -0.2) is 34.4 Å². The van der Waals surface area contributed by atoms with E-state index >= 15 is 0 Å². The normalized spacial score (nSPS) is 14.2. The molecule has 0 saturated carbocycles. The fourth-order valence-electron chi connectivity index (χ4n) is 0.793. The molecular formula is C9H19NO3. The molecule has 78 valence electrons. The van der Waals surface area contributed by atoms with Crippen molar-refractivity contribution in [2.75, 3.05) is 6.54 Å². The van der Waals surface area contributed by atoms with Crippen molar-refractivity contribution in [2.24, 2.45) is 0 Å². The maximum atomic E-state index is 10.2. The Bertz CT molecular complexity index is 168. The smallest absolute Gasteiger partial charge is 0.306 e. The topological polar surface area (TPSA) is 69.6 Å². The summed E-state index contributed by atoms with van der Waals surface area (Å²) in [5, 5.41) is 20.7. The van der Waals surface area contributed by atoms with Crippen LogP contribution < -0.4 is 5.32 Å². The zero-order valence-electron chi connectivity index (χ0n) is 8.50. The van der Waals surface area contributed by atoms with Crippen LogP contribution in [0.3, 0.4) is 0 Å². The molecule has 13 heavy (non-hydrogen) atoms. The number of nitrogens with one attached hydrogen (secondary N) is 1. The van der Waals surface area contributed by atoms with Gasteiger partial charge in [-0.25, -0.2) is 0 Å². The van der Waals surface area contributed by atoms with Crippen LogP contribution in [0.4, 0.5) is 0 Å². The van der Waals surface area contributed by atoms with Gasteiger partial charge in [0.25, 0.3) is 0 Å². The first kappa shape index (κ1) is 12.4. The average Bonchev–Trinajstić information content (AvgIpc) is 2.00. The Kier molecular flexibility index (Phi) is 4.95. The third kappa shape index (κ3) is 6.54. The number of rotatable bonds is 6. The predicted octanol–water partition coefficient (Wildman–Crippen LogP) is 0.600. The molecule has 0 aliphatic heterocycles. The number of hydrogen-bond donors (Lipinski definition) is 3. The minimum absolute atomic E-state index is 0.0422. The molecule has 0 aliphatic carbocycles. The maximum absolute atomic E-state index is 10.2. The van der Waals surface area contributed by atoms with E-state index in [1.165, 1.54) is 0 Å². The summed E-state index contributed by atoms with van der Waals surface area (Å²) < 4.78 is 0. The zero-order chi connectivity index (χ0) is 10.5. The van der Waals surface area contributed by atoms with E-state index in [1.807, 2.05) is 20.8 Å². The molecule has 0 amide bonds. The lowest BCUT2D eigenvalue weighted by Crippen LogP contribution is -2.43. The highest BCUT2D eigenvalue weighted by Crippen LogP contribution is 2.06. The first-order valence-corrected chi connectivity index (χ1v) is 4.52. The van der Waals surface area contributed by atoms with E-state index in [2.05, 4.69) is 5.32 Å². The van der Waals surface area contributed by atoms with E-state index in [4.69, 9.17) is 5.11 Å². The highest BCUT2D eigenvalue weighted by Gasteiger charge is 2.16. The molecule has 0 spiro atoms. The Morgan fingerprint density at radius 3 is 2.46 bits per heavy atom. The van der Waals surface area contributed by atoms with Crippen molar-refractivity contribution in [3.05, 3.63) is 0 Å². The molecule has 0 radical (unpaired) electrons. The summed E-state index contributed by atoms with van der Waals surface area (Å²) in [6.45, 7) is 6.39. The number of β-amino-alcohol motifs (C(OH)–C–C–N with tert-alkyl or cyclic N) is 1. The van der Waals surface area contributed by atoms with Crippen molar-refractivity contribution in [1.82, 2.24) is 5.32 Å². The maximum Gasteiger partial charge on any atom is 0.306 e. The minimum Gasteiger partial charge on any atom is -0.481 e. The molecular weight excluding hydrogens is 170 g/mol. The summed E-state index contributed by atoms with van der Waals surface area (Å²) in [6.07, 6.45) is -0.0668. The highest BCUT2D eigenvalue weighted by molar-refractivity contribution is 5.67. The van der Waals surface area contributed by atoms with Crippen molar-refractivity contribution in [3.8, 4) is 0 Å². The van der Waals surface area contributed by atoms with Crippen LogP contribution in [0.2, 0.25) is 0 Å². The fourth-order valence-corrected chi connectivity index (χ4v) is 0.793. The van der Waals surface area contributed by atoms with Crippen LogP contribution >= 0.6 is 0 Å². The van der Waals surface area contributed by atoms with Crippen LogP contribution in [-0.2, 0) is 4.79 Å². The molecule has 0 bridgehead atoms. The number of carboxylic acids is 1. The molecule has 0 aromatic heterocycles. The Morgan fingerprint density at radius 1 is 1.54 bits per heavy atom. The second kappa shape index (κ2) is 5.19. The second-order valence-corrected chi connectivity index (χ2v) is 3.87. The van der Waals surface area contributed by atoms with Gasteiger partial charge in [-0.2, -0.15) is 0 Å². The van der Waals surface area contributed by atoms with Crippen molar-refractivity contribution in [3.63, 3.8) is 0 Å². The second-order valence-electron chi connectivity index (χ2n) is 3.87. The van der Waals surface area contributed by atoms with E-state index in [0.717, 1.165) is 6.42 Å². The van der Waals surface area contributed by atoms with Crippen LogP contribution in [0.15, 0.2) is 0 Å². The molecule has 0 aromatic carbocycles. The van der Waals surface area contributed by atoms with E-state index in [1.54, 1.807) is 0 Å². The monoisotopic (exact) mass is 189 g/mol. The van der Waals surface area contributed by atoms with Gasteiger partial charge in [0.2, 0.25) is 0 Å². The van der Waals surface area contributed by atoms with E-state index in [9.17, 15) is 9.90 Å². The lowest BCUT2D eigenvalue weighted by atomic mass is 10.0. The SMILES string of the molecule is CCC(C)(C)NCC(O)CC(=O)O. The Hall–Kier alpha value is -0.610. The van der Waals surface area contributed by atoms with Crippen molar-refractivity contribution >= 4 is 5.97 Å². The van der Waals surface area contributed by atoms with Gasteiger partial charge in [0.1, 0.15) is 0 Å². The number of aliphatic carboxylic acids is 1. The lowest BCUT2D eigenvalue weighted by Gasteiger charge is -2.25. The van der Waals surface area contributed by atoms with Crippen molar-refractivity contribution < 1.29 is 15.0 Å². The van der Waals surface area contributed by atoms with Crippen LogP contribution in [0, 0.1) is 0 Å². The molecule has 1 atom stereocenters. The molecule has 3 N–H and O–H groups in total. The average molecular weight is 189 g/mol. The number of hydrogen-bond acceptors (Lipinski definition) is 3. The van der Waals surface area contributed by atoms with Crippen LogP contribution in [0.1, 0.15) is 33.6 Å².